The van der Waals surface area contributed by atoms with Crippen LogP contribution in [0, 0.1) is 22.5 Å². The zero-order valence-corrected chi connectivity index (χ0v) is 14.0. The van der Waals surface area contributed by atoms with E-state index in [1.807, 2.05) is 0 Å². The molecule has 2 aromatic carbocycles. The van der Waals surface area contributed by atoms with Crippen molar-refractivity contribution in [3.8, 4) is 0 Å². The summed E-state index contributed by atoms with van der Waals surface area (Å²) >= 11 is 0. The van der Waals surface area contributed by atoms with Crippen molar-refractivity contribution in [1.82, 2.24) is 5.32 Å². The number of hydrogen-bond acceptors (Lipinski definition) is 3. The van der Waals surface area contributed by atoms with E-state index >= 15 is 0 Å². The van der Waals surface area contributed by atoms with E-state index < -0.39 is 5.82 Å². The van der Waals surface area contributed by atoms with Crippen molar-refractivity contribution in [1.29, 1.82) is 10.8 Å². The third-order valence-electron chi connectivity index (χ3n) is 3.49. The molecule has 0 radical (unpaired) electrons. The van der Waals surface area contributed by atoms with E-state index in [1.54, 1.807) is 48.6 Å². The van der Waals surface area contributed by atoms with Gasteiger partial charge in [0, 0.05) is 29.6 Å². The second-order valence-corrected chi connectivity index (χ2v) is 5.35. The van der Waals surface area contributed by atoms with Crippen LogP contribution in [0.5, 0.6) is 0 Å². The molecule has 132 valence electrons. The summed E-state index contributed by atoms with van der Waals surface area (Å²) in [7, 11) is 0. The van der Waals surface area contributed by atoms with E-state index in [2.05, 4.69) is 5.32 Å². The Hall–Kier alpha value is -3.34. The van der Waals surface area contributed by atoms with Gasteiger partial charge in [0.05, 0.1) is 5.71 Å². The minimum absolute atomic E-state index is 0.138. The lowest BCUT2D eigenvalue weighted by atomic mass is 10.1. The molecular weight excluding hydrogens is 332 g/mol. The SMILES string of the molecule is N=C/C=C\C=C\C(=N)/C=C(\NCc1ccccc1F)c1ccccc1F. The summed E-state index contributed by atoms with van der Waals surface area (Å²) in [6, 6.07) is 12.6. The van der Waals surface area contributed by atoms with E-state index in [0.29, 0.717) is 16.8 Å². The molecule has 0 aliphatic carbocycles. The van der Waals surface area contributed by atoms with Crippen LogP contribution in [-0.2, 0) is 6.54 Å². The van der Waals surface area contributed by atoms with Crippen LogP contribution in [0.3, 0.4) is 0 Å². The van der Waals surface area contributed by atoms with E-state index in [9.17, 15) is 8.78 Å². The number of halogens is 2. The van der Waals surface area contributed by atoms with E-state index in [1.165, 1.54) is 30.4 Å². The molecule has 3 nitrogen and oxygen atoms in total. The maximum absolute atomic E-state index is 14.2. The molecule has 0 amide bonds. The van der Waals surface area contributed by atoms with Gasteiger partial charge in [0.25, 0.3) is 0 Å². The Bertz CT molecular complexity index is 867. The van der Waals surface area contributed by atoms with Crippen molar-refractivity contribution < 1.29 is 8.78 Å². The van der Waals surface area contributed by atoms with Crippen molar-refractivity contribution in [2.75, 3.05) is 0 Å². The third kappa shape index (κ3) is 5.63. The highest BCUT2D eigenvalue weighted by atomic mass is 19.1. The maximum Gasteiger partial charge on any atom is 0.132 e. The third-order valence-corrected chi connectivity index (χ3v) is 3.49. The Labute approximate surface area is 151 Å². The fourth-order valence-corrected chi connectivity index (χ4v) is 2.22. The zero-order chi connectivity index (χ0) is 18.8. The minimum atomic E-state index is -0.430. The highest BCUT2D eigenvalue weighted by Gasteiger charge is 2.09. The number of hydrogen-bond donors (Lipinski definition) is 3. The molecule has 0 unspecified atom stereocenters. The monoisotopic (exact) mass is 351 g/mol. The van der Waals surface area contributed by atoms with Crippen molar-refractivity contribution in [3.05, 3.63) is 102 Å². The van der Waals surface area contributed by atoms with Crippen LogP contribution in [-0.4, -0.2) is 11.9 Å². The predicted octanol–water partition coefficient (Wildman–Crippen LogP) is 4.88. The molecule has 0 fully saturated rings. The molecule has 2 aromatic rings. The van der Waals surface area contributed by atoms with Crippen molar-refractivity contribution in [2.45, 2.75) is 6.54 Å². The van der Waals surface area contributed by atoms with Gasteiger partial charge < -0.3 is 16.1 Å². The molecule has 0 atom stereocenters. The highest BCUT2D eigenvalue weighted by Crippen LogP contribution is 2.17. The summed E-state index contributed by atoms with van der Waals surface area (Å²) in [4.78, 5) is 0. The molecule has 5 heteroatoms. The summed E-state index contributed by atoms with van der Waals surface area (Å²) in [5, 5.41) is 17.9. The van der Waals surface area contributed by atoms with E-state index in [0.717, 1.165) is 6.21 Å². The fraction of sp³-hybridized carbons (Fsp3) is 0.0476. The molecule has 0 heterocycles. The van der Waals surface area contributed by atoms with E-state index in [-0.39, 0.29) is 18.1 Å². The predicted molar refractivity (Wildman–Crippen MR) is 102 cm³/mol. The van der Waals surface area contributed by atoms with Gasteiger partial charge in [-0.2, -0.15) is 0 Å². The molecule has 0 aliphatic rings. The topological polar surface area (TPSA) is 59.7 Å². The van der Waals surface area contributed by atoms with Gasteiger partial charge in [-0.05, 0) is 36.4 Å². The van der Waals surface area contributed by atoms with E-state index in [4.69, 9.17) is 10.8 Å². The van der Waals surface area contributed by atoms with Crippen LogP contribution in [0.15, 0.2) is 78.9 Å². The van der Waals surface area contributed by atoms with Gasteiger partial charge in [-0.25, -0.2) is 8.78 Å². The first-order valence-corrected chi connectivity index (χ1v) is 7.98. The molecule has 0 spiro atoms. The molecule has 0 bridgehead atoms. The summed E-state index contributed by atoms with van der Waals surface area (Å²) in [6.45, 7) is 0.164. The number of nitrogens with one attached hydrogen (secondary N) is 3. The lowest BCUT2D eigenvalue weighted by molar-refractivity contribution is 0.603. The van der Waals surface area contributed by atoms with Crippen LogP contribution in [0.4, 0.5) is 8.78 Å². The second-order valence-electron chi connectivity index (χ2n) is 5.35. The summed E-state index contributed by atoms with van der Waals surface area (Å²) in [5.41, 5.74) is 1.28. The zero-order valence-electron chi connectivity index (χ0n) is 14.0. The highest BCUT2D eigenvalue weighted by molar-refractivity contribution is 6.06. The molecule has 0 saturated carbocycles. The number of benzene rings is 2. The quantitative estimate of drug-likeness (QED) is 0.461. The largest absolute Gasteiger partial charge is 0.380 e. The Morgan fingerprint density at radius 3 is 2.31 bits per heavy atom. The van der Waals surface area contributed by atoms with Gasteiger partial charge in [-0.1, -0.05) is 42.5 Å². The molecule has 0 saturated heterocycles. The van der Waals surface area contributed by atoms with Crippen LogP contribution in [0.25, 0.3) is 5.70 Å². The van der Waals surface area contributed by atoms with Gasteiger partial charge >= 0.3 is 0 Å². The van der Waals surface area contributed by atoms with Crippen LogP contribution in [0.2, 0.25) is 0 Å². The molecule has 2 rings (SSSR count). The summed E-state index contributed by atoms with van der Waals surface area (Å²) in [6.07, 6.45) is 8.87. The summed E-state index contributed by atoms with van der Waals surface area (Å²) in [5.74, 6) is -0.778. The molecule has 0 aromatic heterocycles. The van der Waals surface area contributed by atoms with Crippen LogP contribution in [0.1, 0.15) is 11.1 Å². The smallest absolute Gasteiger partial charge is 0.132 e. The van der Waals surface area contributed by atoms with Gasteiger partial charge in [0.15, 0.2) is 0 Å². The second kappa shape index (κ2) is 9.84. The molecule has 0 aliphatic heterocycles. The Morgan fingerprint density at radius 1 is 0.923 bits per heavy atom. The first kappa shape index (κ1) is 19.0. The van der Waals surface area contributed by atoms with Crippen molar-refractivity contribution >= 4 is 17.6 Å². The standard InChI is InChI=1S/C21H19F2N3/c22-19-11-5-3-8-16(19)15-26-21(18-10-4-6-12-20(18)23)14-17(25)9-2-1-7-13-24/h1-14,24-26H,15H2/b7-1-,9-2+,21-14-,24-13?,25-17?. The number of rotatable bonds is 8. The average Bonchev–Trinajstić information content (AvgIpc) is 2.64. The Balaban J connectivity index is 2.26. The fourth-order valence-electron chi connectivity index (χ4n) is 2.22. The minimum Gasteiger partial charge on any atom is -0.380 e. The average molecular weight is 351 g/mol. The first-order chi connectivity index (χ1) is 12.6. The first-order valence-electron chi connectivity index (χ1n) is 7.98. The molecular formula is C21H19F2N3. The molecule has 26 heavy (non-hydrogen) atoms. The van der Waals surface area contributed by atoms with Crippen molar-refractivity contribution in [3.63, 3.8) is 0 Å². The van der Waals surface area contributed by atoms with Crippen LogP contribution >= 0.6 is 0 Å². The van der Waals surface area contributed by atoms with Gasteiger partial charge in [-0.3, -0.25) is 0 Å². The summed E-state index contributed by atoms with van der Waals surface area (Å²) < 4.78 is 28.0. The van der Waals surface area contributed by atoms with Gasteiger partial charge in [0.2, 0.25) is 0 Å². The number of allylic oxidation sites excluding steroid dienone is 5. The molecule has 3 N–H and O–H groups in total. The lowest BCUT2D eigenvalue weighted by Crippen LogP contribution is -2.15. The van der Waals surface area contributed by atoms with Crippen molar-refractivity contribution in [2.24, 2.45) is 0 Å². The van der Waals surface area contributed by atoms with Gasteiger partial charge in [-0.15, -0.1) is 0 Å². The Morgan fingerprint density at radius 2 is 1.62 bits per heavy atom. The van der Waals surface area contributed by atoms with Crippen LogP contribution < -0.4 is 5.32 Å². The normalized spacial score (nSPS) is 11.8. The van der Waals surface area contributed by atoms with Gasteiger partial charge in [0.1, 0.15) is 11.6 Å². The maximum atomic E-state index is 14.2. The Kier molecular flexibility index (Phi) is 7.18. The lowest BCUT2D eigenvalue weighted by Gasteiger charge is -2.13.